The van der Waals surface area contributed by atoms with Crippen molar-refractivity contribution in [2.75, 3.05) is 19.6 Å². The number of carbonyl (C=O) groups excluding carboxylic acids is 7. The second-order valence-corrected chi connectivity index (χ2v) is 18.4. The van der Waals surface area contributed by atoms with Crippen molar-refractivity contribution in [3.63, 3.8) is 0 Å². The Morgan fingerprint density at radius 1 is 0.815 bits per heavy atom. The fraction of sp³-hybridized carbons (Fsp3) is 0.532. The molecule has 1 saturated carbocycles. The number of hydrogen-bond acceptors (Lipinski definition) is 9. The van der Waals surface area contributed by atoms with Crippen molar-refractivity contribution >= 4 is 68.7 Å². The van der Waals surface area contributed by atoms with Crippen LogP contribution in [0.15, 0.2) is 65.0 Å². The van der Waals surface area contributed by atoms with Crippen molar-refractivity contribution in [1.29, 1.82) is 0 Å². The number of carbonyl (C=O) groups is 7. The van der Waals surface area contributed by atoms with E-state index < -0.39 is 77.6 Å². The normalized spacial score (nSPS) is 23.4. The number of amides is 7. The van der Waals surface area contributed by atoms with Gasteiger partial charge in [0.25, 0.3) is 0 Å². The maximum atomic E-state index is 14.6. The average molecular weight is 913 g/mol. The summed E-state index contributed by atoms with van der Waals surface area (Å²) in [4.78, 5) is 104. The van der Waals surface area contributed by atoms with Gasteiger partial charge in [-0.3, -0.25) is 38.6 Å². The predicted octanol–water partition coefficient (Wildman–Crippen LogP) is 2.06. The van der Waals surface area contributed by atoms with Crippen molar-refractivity contribution < 1.29 is 33.6 Å². The monoisotopic (exact) mass is 912 g/mol. The van der Waals surface area contributed by atoms with E-state index in [0.29, 0.717) is 25.7 Å². The van der Waals surface area contributed by atoms with Gasteiger partial charge in [0.15, 0.2) is 5.96 Å². The van der Waals surface area contributed by atoms with Crippen molar-refractivity contribution in [3.05, 3.63) is 71.1 Å². The van der Waals surface area contributed by atoms with E-state index in [1.54, 1.807) is 0 Å². The molecule has 6 rings (SSSR count). The number of nitrogens with two attached hydrogens (primary N) is 2. The summed E-state index contributed by atoms with van der Waals surface area (Å²) in [6.07, 6.45) is 7.19. The highest BCUT2D eigenvalue weighted by Crippen LogP contribution is 2.29. The zero-order chi connectivity index (χ0) is 46.3. The van der Waals surface area contributed by atoms with Crippen LogP contribution in [-0.4, -0.2) is 108 Å². The first kappa shape index (κ1) is 48.4. The number of aliphatic imine (C=N–C) groups is 1. The van der Waals surface area contributed by atoms with E-state index in [-0.39, 0.29) is 63.6 Å². The number of fused-ring (bicyclic) bond motifs is 2. The van der Waals surface area contributed by atoms with E-state index in [1.807, 2.05) is 60.0 Å². The Morgan fingerprint density at radius 3 is 2.28 bits per heavy atom. The van der Waals surface area contributed by atoms with Crippen LogP contribution in [0.1, 0.15) is 95.1 Å². The van der Waals surface area contributed by atoms with Crippen molar-refractivity contribution in [2.24, 2.45) is 22.4 Å². The Bertz CT molecular complexity index is 2170. The minimum atomic E-state index is -1.12. The fourth-order valence-corrected chi connectivity index (χ4v) is 10.1. The number of nitrogens with one attached hydrogen (secondary N) is 6. The molecule has 0 spiro atoms. The minimum Gasteiger partial charge on any atom is -0.370 e. The molecule has 350 valence electrons. The second kappa shape index (κ2) is 23.8. The lowest BCUT2D eigenvalue weighted by molar-refractivity contribution is -0.142. The van der Waals surface area contributed by atoms with E-state index >= 15 is 0 Å². The van der Waals surface area contributed by atoms with Crippen molar-refractivity contribution in [3.8, 4) is 0 Å². The molecular formula is C47H64N10O7S. The molecule has 2 saturated heterocycles. The van der Waals surface area contributed by atoms with Crippen LogP contribution in [0.3, 0.4) is 0 Å². The summed E-state index contributed by atoms with van der Waals surface area (Å²) >= 11 is 1.53. The third-order valence-corrected chi connectivity index (χ3v) is 13.5. The van der Waals surface area contributed by atoms with E-state index in [1.165, 1.54) is 23.2 Å². The van der Waals surface area contributed by atoms with Crippen molar-refractivity contribution in [2.45, 2.75) is 133 Å². The van der Waals surface area contributed by atoms with Gasteiger partial charge in [0.05, 0.1) is 0 Å². The first-order valence-electron chi connectivity index (χ1n) is 23.0. The molecule has 65 heavy (non-hydrogen) atoms. The Hall–Kier alpha value is -6.04. The lowest BCUT2D eigenvalue weighted by Gasteiger charge is -2.32. The summed E-state index contributed by atoms with van der Waals surface area (Å²) in [5.41, 5.74) is 12.8. The zero-order valence-corrected chi connectivity index (χ0v) is 38.0. The molecule has 3 unspecified atom stereocenters. The van der Waals surface area contributed by atoms with Gasteiger partial charge in [-0.25, -0.2) is 0 Å². The molecule has 3 aliphatic rings. The van der Waals surface area contributed by atoms with E-state index in [9.17, 15) is 33.6 Å². The molecule has 2 aromatic carbocycles. The van der Waals surface area contributed by atoms with E-state index in [0.717, 1.165) is 53.3 Å². The molecule has 3 heterocycles. The van der Waals surface area contributed by atoms with Crippen LogP contribution in [0.4, 0.5) is 0 Å². The fourth-order valence-electron chi connectivity index (χ4n) is 9.17. The first-order chi connectivity index (χ1) is 31.4. The molecule has 3 fully saturated rings. The summed E-state index contributed by atoms with van der Waals surface area (Å²) in [5, 5.41) is 20.3. The quantitative estimate of drug-likeness (QED) is 0.0709. The topological polar surface area (TPSA) is 259 Å². The highest BCUT2D eigenvalue weighted by atomic mass is 32.1. The number of thiophene rings is 1. The molecule has 3 aromatic rings. The molecule has 7 amide bonds. The zero-order valence-electron chi connectivity index (χ0n) is 37.2. The summed E-state index contributed by atoms with van der Waals surface area (Å²) in [5.74, 6) is -3.53. The van der Waals surface area contributed by atoms with Crippen LogP contribution in [0.25, 0.3) is 10.1 Å². The number of rotatable bonds is 13. The number of benzene rings is 2. The van der Waals surface area contributed by atoms with Gasteiger partial charge < -0.3 is 48.3 Å². The Labute approximate surface area is 384 Å². The van der Waals surface area contributed by atoms with E-state index in [4.69, 9.17) is 11.5 Å². The van der Waals surface area contributed by atoms with Crippen LogP contribution in [0.5, 0.6) is 0 Å². The maximum Gasteiger partial charge on any atom is 0.245 e. The number of hydrogen-bond donors (Lipinski definition) is 8. The predicted molar refractivity (Wildman–Crippen MR) is 249 cm³/mol. The molecule has 10 N–H and O–H groups in total. The summed E-state index contributed by atoms with van der Waals surface area (Å²) in [7, 11) is 0. The smallest absolute Gasteiger partial charge is 0.245 e. The summed E-state index contributed by atoms with van der Waals surface area (Å²) in [6, 6.07) is 10.7. The minimum absolute atomic E-state index is 0.0751. The largest absolute Gasteiger partial charge is 0.370 e. The molecule has 6 atom stereocenters. The Morgan fingerprint density at radius 2 is 1.52 bits per heavy atom. The number of nitrogens with zero attached hydrogens (tertiary/aromatic N) is 2. The van der Waals surface area contributed by atoms with Crippen molar-refractivity contribution in [1.82, 2.24) is 36.8 Å². The highest BCUT2D eigenvalue weighted by Gasteiger charge is 2.40. The molecule has 18 heteroatoms. The SMILES string of the molecule is CC(=O)N[C@@H](Cc1ccccc1)C(=O)N[C@H]1CCCNC(=O)C(CCCN=C(N)N)NC(=O)C(Cc2csc3ccccc23)NC(=O)[C@@H](CC2CCCCC2)NC(=O)C2CCCN2C1=O. The van der Waals surface area contributed by atoms with Crippen LogP contribution in [0, 0.1) is 5.92 Å². The molecule has 1 aliphatic carbocycles. The van der Waals surface area contributed by atoms with Gasteiger partial charge in [0.1, 0.15) is 36.3 Å². The number of guanidine groups is 1. The lowest BCUT2D eigenvalue weighted by Crippen LogP contribution is -2.60. The lowest BCUT2D eigenvalue weighted by atomic mass is 9.84. The molecule has 0 radical (unpaired) electrons. The standard InChI is InChI=1S/C47H64N10O7S/c1-29(58)52-36(25-30-13-4-2-5-14-30)42(60)54-35-19-11-22-50-41(59)34(18-10-23-51-47(48)49)53-44(62)38(27-32-28-65-40-21-9-8-17-33(32)40)55-43(61)37(26-31-15-6-3-7-16-31)56-45(63)39-20-12-24-57(39)46(35)64/h2,4-5,8-9,13-14,17,21,28,31,34-39H,3,6-7,10-12,15-16,18-20,22-27H2,1H3,(H,50,59)(H,52,58)(H,53,62)(H,54,60)(H,55,61)(H,56,63)(H4,48,49,51)/t34?,35-,36-,37+,38?,39?/m0/s1. The van der Waals surface area contributed by atoms with Gasteiger partial charge in [-0.05, 0) is 78.8 Å². The molecule has 1 aromatic heterocycles. The van der Waals surface area contributed by atoms with Gasteiger partial charge in [-0.1, -0.05) is 80.6 Å². The van der Waals surface area contributed by atoms with Gasteiger partial charge in [-0.2, -0.15) is 0 Å². The molecule has 2 aliphatic heterocycles. The third-order valence-electron chi connectivity index (χ3n) is 12.5. The summed E-state index contributed by atoms with van der Waals surface area (Å²) < 4.78 is 1.02. The van der Waals surface area contributed by atoms with Crippen LogP contribution in [-0.2, 0) is 46.4 Å². The Kier molecular flexibility index (Phi) is 17.7. The molecule has 0 bridgehead atoms. The van der Waals surface area contributed by atoms with Crippen LogP contribution >= 0.6 is 11.3 Å². The summed E-state index contributed by atoms with van der Waals surface area (Å²) in [6.45, 7) is 1.84. The maximum absolute atomic E-state index is 14.6. The van der Waals surface area contributed by atoms with E-state index in [2.05, 4.69) is 36.9 Å². The Balaban J connectivity index is 1.31. The first-order valence-corrected chi connectivity index (χ1v) is 23.9. The molecular weight excluding hydrogens is 849 g/mol. The third kappa shape index (κ3) is 14.0. The van der Waals surface area contributed by atoms with Gasteiger partial charge in [0.2, 0.25) is 41.4 Å². The van der Waals surface area contributed by atoms with Crippen LogP contribution in [0.2, 0.25) is 0 Å². The van der Waals surface area contributed by atoms with Gasteiger partial charge in [-0.15, -0.1) is 11.3 Å². The highest BCUT2D eigenvalue weighted by molar-refractivity contribution is 7.17. The van der Waals surface area contributed by atoms with Gasteiger partial charge in [0, 0.05) is 44.1 Å². The van der Waals surface area contributed by atoms with Crippen LogP contribution < -0.4 is 43.4 Å². The van der Waals surface area contributed by atoms with Gasteiger partial charge >= 0.3 is 0 Å². The average Bonchev–Trinajstić information content (AvgIpc) is 3.95. The molecule has 17 nitrogen and oxygen atoms in total. The second-order valence-electron chi connectivity index (χ2n) is 17.5.